The van der Waals surface area contributed by atoms with Crippen molar-refractivity contribution in [3.63, 3.8) is 0 Å². The minimum absolute atomic E-state index is 0.618. The fraction of sp³-hybridized carbons (Fsp3) is 0.0476. The van der Waals surface area contributed by atoms with E-state index in [1.54, 1.807) is 18.5 Å². The van der Waals surface area contributed by atoms with Crippen LogP contribution in [0.3, 0.4) is 0 Å². The molecule has 0 radical (unpaired) electrons. The summed E-state index contributed by atoms with van der Waals surface area (Å²) >= 11 is 1.52. The van der Waals surface area contributed by atoms with E-state index in [9.17, 15) is 5.26 Å². The molecule has 3 aromatic heterocycles. The second-order valence-electron chi connectivity index (χ2n) is 5.94. The van der Waals surface area contributed by atoms with Crippen LogP contribution in [0.4, 0.5) is 11.6 Å². The molecule has 0 bridgehead atoms. The van der Waals surface area contributed by atoms with Gasteiger partial charge in [-0.2, -0.15) is 5.26 Å². The Labute approximate surface area is 161 Å². The largest absolute Gasteiger partial charge is 0.325 e. The van der Waals surface area contributed by atoms with Crippen LogP contribution in [0.5, 0.6) is 0 Å². The highest BCUT2D eigenvalue weighted by molar-refractivity contribution is 7.18. The van der Waals surface area contributed by atoms with Gasteiger partial charge in [-0.25, -0.2) is 15.0 Å². The summed E-state index contributed by atoms with van der Waals surface area (Å²) in [4.78, 5) is 14.4. The first kappa shape index (κ1) is 16.9. The fourth-order valence-electron chi connectivity index (χ4n) is 2.66. The molecule has 4 rings (SSSR count). The SMILES string of the molecule is Cc1ccnc(Nc2cccc(-c3cnc(-c4ccccc4C#N)s3)n2)c1. The van der Waals surface area contributed by atoms with E-state index < -0.39 is 0 Å². The van der Waals surface area contributed by atoms with Crippen molar-refractivity contribution >= 4 is 23.0 Å². The number of anilines is 2. The Bertz CT molecular complexity index is 1140. The molecule has 0 fully saturated rings. The van der Waals surface area contributed by atoms with Crippen LogP contribution in [-0.4, -0.2) is 15.0 Å². The van der Waals surface area contributed by atoms with Gasteiger partial charge >= 0.3 is 0 Å². The monoisotopic (exact) mass is 369 g/mol. The van der Waals surface area contributed by atoms with E-state index >= 15 is 0 Å². The second kappa shape index (κ2) is 7.36. The number of aromatic nitrogens is 3. The molecule has 130 valence electrons. The van der Waals surface area contributed by atoms with Gasteiger partial charge in [-0.1, -0.05) is 24.3 Å². The first-order valence-electron chi connectivity index (χ1n) is 8.35. The van der Waals surface area contributed by atoms with Crippen molar-refractivity contribution in [3.8, 4) is 27.2 Å². The number of rotatable bonds is 4. The summed E-state index contributed by atoms with van der Waals surface area (Å²) in [6.45, 7) is 2.02. The molecular weight excluding hydrogens is 354 g/mol. The van der Waals surface area contributed by atoms with Gasteiger partial charge < -0.3 is 5.32 Å². The molecule has 0 spiro atoms. The molecule has 0 aliphatic rings. The molecule has 1 N–H and O–H groups in total. The number of thiazole rings is 1. The molecule has 4 aromatic rings. The average Bonchev–Trinajstić information content (AvgIpc) is 3.18. The third-order valence-corrected chi connectivity index (χ3v) is 5.01. The zero-order valence-corrected chi connectivity index (χ0v) is 15.4. The standard InChI is InChI=1S/C21H15N5S/c1-14-9-10-23-20(11-14)26-19-8-4-7-17(25-19)18-13-24-21(27-18)16-6-3-2-5-15(16)12-22/h2-11,13H,1H3,(H,23,25,26). The molecule has 27 heavy (non-hydrogen) atoms. The van der Waals surface area contributed by atoms with E-state index in [1.807, 2.05) is 55.5 Å². The first-order chi connectivity index (χ1) is 13.2. The van der Waals surface area contributed by atoms with Crippen molar-refractivity contribution in [2.45, 2.75) is 6.92 Å². The Hall–Kier alpha value is -3.56. The maximum Gasteiger partial charge on any atom is 0.132 e. The van der Waals surface area contributed by atoms with Crippen molar-refractivity contribution in [2.75, 3.05) is 5.32 Å². The summed E-state index contributed by atoms with van der Waals surface area (Å²) in [5.74, 6) is 1.48. The Kier molecular flexibility index (Phi) is 4.60. The molecule has 0 saturated heterocycles. The lowest BCUT2D eigenvalue weighted by Crippen LogP contribution is -1.96. The van der Waals surface area contributed by atoms with Gasteiger partial charge in [0.15, 0.2) is 0 Å². The summed E-state index contributed by atoms with van der Waals surface area (Å²) in [6, 6.07) is 19.4. The van der Waals surface area contributed by atoms with E-state index in [2.05, 4.69) is 26.3 Å². The quantitative estimate of drug-likeness (QED) is 0.536. The highest BCUT2D eigenvalue weighted by atomic mass is 32.1. The summed E-state index contributed by atoms with van der Waals surface area (Å²) in [5.41, 5.74) is 3.42. The van der Waals surface area contributed by atoms with E-state index in [4.69, 9.17) is 0 Å². The molecule has 0 aliphatic heterocycles. The van der Waals surface area contributed by atoms with Crippen LogP contribution in [0.25, 0.3) is 21.1 Å². The van der Waals surface area contributed by atoms with Crippen molar-refractivity contribution in [3.05, 3.63) is 78.1 Å². The summed E-state index contributed by atoms with van der Waals surface area (Å²) in [6.07, 6.45) is 3.56. The summed E-state index contributed by atoms with van der Waals surface area (Å²) in [7, 11) is 0. The van der Waals surface area contributed by atoms with Crippen LogP contribution in [0.1, 0.15) is 11.1 Å². The van der Waals surface area contributed by atoms with Crippen LogP contribution in [0.2, 0.25) is 0 Å². The number of pyridine rings is 2. The molecule has 0 unspecified atom stereocenters. The molecule has 3 heterocycles. The molecule has 1 aromatic carbocycles. The summed E-state index contributed by atoms with van der Waals surface area (Å²) in [5, 5.41) is 13.3. The number of hydrogen-bond acceptors (Lipinski definition) is 6. The van der Waals surface area contributed by atoms with Crippen molar-refractivity contribution < 1.29 is 0 Å². The molecular formula is C21H15N5S. The van der Waals surface area contributed by atoms with Crippen molar-refractivity contribution in [1.29, 1.82) is 5.26 Å². The van der Waals surface area contributed by atoms with Gasteiger partial charge in [-0.15, -0.1) is 11.3 Å². The van der Waals surface area contributed by atoms with Gasteiger partial charge in [0.05, 0.1) is 22.2 Å². The Balaban J connectivity index is 1.63. The maximum atomic E-state index is 9.30. The lowest BCUT2D eigenvalue weighted by Gasteiger charge is -2.06. The zero-order valence-electron chi connectivity index (χ0n) is 14.5. The molecule has 5 nitrogen and oxygen atoms in total. The van der Waals surface area contributed by atoms with Gasteiger partial charge in [0.2, 0.25) is 0 Å². The van der Waals surface area contributed by atoms with E-state index in [0.29, 0.717) is 5.56 Å². The Morgan fingerprint density at radius 3 is 2.74 bits per heavy atom. The third-order valence-electron chi connectivity index (χ3n) is 3.96. The van der Waals surface area contributed by atoms with Gasteiger partial charge in [0, 0.05) is 18.0 Å². The predicted octanol–water partition coefficient (Wildman–Crippen LogP) is 5.19. The van der Waals surface area contributed by atoms with Gasteiger partial charge in [-0.3, -0.25) is 0 Å². The van der Waals surface area contributed by atoms with E-state index in [1.165, 1.54) is 11.3 Å². The number of benzene rings is 1. The van der Waals surface area contributed by atoms with Gasteiger partial charge in [0.25, 0.3) is 0 Å². The fourth-order valence-corrected chi connectivity index (χ4v) is 3.59. The summed E-state index contributed by atoms with van der Waals surface area (Å²) < 4.78 is 0. The van der Waals surface area contributed by atoms with Crippen LogP contribution < -0.4 is 5.32 Å². The lowest BCUT2D eigenvalue weighted by molar-refractivity contribution is 1.24. The molecule has 0 saturated carbocycles. The highest BCUT2D eigenvalue weighted by Gasteiger charge is 2.11. The van der Waals surface area contributed by atoms with E-state index in [-0.39, 0.29) is 0 Å². The van der Waals surface area contributed by atoms with Crippen LogP contribution in [-0.2, 0) is 0 Å². The molecule has 6 heteroatoms. The molecule has 0 amide bonds. The maximum absolute atomic E-state index is 9.30. The molecule has 0 atom stereocenters. The van der Waals surface area contributed by atoms with Crippen LogP contribution >= 0.6 is 11.3 Å². The van der Waals surface area contributed by atoms with Crippen LogP contribution in [0.15, 0.2) is 67.0 Å². The van der Waals surface area contributed by atoms with Crippen LogP contribution in [0, 0.1) is 18.3 Å². The number of nitriles is 1. The zero-order chi connectivity index (χ0) is 18.6. The topological polar surface area (TPSA) is 74.5 Å². The minimum atomic E-state index is 0.618. The van der Waals surface area contributed by atoms with Gasteiger partial charge in [-0.05, 0) is 42.8 Å². The first-order valence-corrected chi connectivity index (χ1v) is 9.17. The Morgan fingerprint density at radius 1 is 1.00 bits per heavy atom. The predicted molar refractivity (Wildman–Crippen MR) is 108 cm³/mol. The number of nitrogens with one attached hydrogen (secondary N) is 1. The lowest BCUT2D eigenvalue weighted by atomic mass is 10.1. The third kappa shape index (κ3) is 3.68. The Morgan fingerprint density at radius 2 is 1.89 bits per heavy atom. The second-order valence-corrected chi connectivity index (χ2v) is 6.97. The normalized spacial score (nSPS) is 10.4. The smallest absolute Gasteiger partial charge is 0.132 e. The average molecular weight is 369 g/mol. The van der Waals surface area contributed by atoms with Crippen molar-refractivity contribution in [2.24, 2.45) is 0 Å². The minimum Gasteiger partial charge on any atom is -0.325 e. The number of hydrogen-bond donors (Lipinski definition) is 1. The number of nitrogens with zero attached hydrogens (tertiary/aromatic N) is 4. The number of aryl methyl sites for hydroxylation is 1. The molecule has 0 aliphatic carbocycles. The van der Waals surface area contributed by atoms with Gasteiger partial charge in [0.1, 0.15) is 16.6 Å². The highest BCUT2D eigenvalue weighted by Crippen LogP contribution is 2.33. The van der Waals surface area contributed by atoms with Crippen molar-refractivity contribution in [1.82, 2.24) is 15.0 Å². The van der Waals surface area contributed by atoms with E-state index in [0.717, 1.165) is 38.3 Å².